The van der Waals surface area contributed by atoms with Gasteiger partial charge in [-0.25, -0.2) is 9.97 Å². The molecule has 2 aromatic heterocycles. The van der Waals surface area contributed by atoms with E-state index in [9.17, 15) is 0 Å². The minimum Gasteiger partial charge on any atom is -0.497 e. The highest BCUT2D eigenvalue weighted by Gasteiger charge is 2.24. The number of hydrogen-bond acceptors (Lipinski definition) is 5. The Bertz CT molecular complexity index is 824. The molecule has 0 aliphatic carbocycles. The van der Waals surface area contributed by atoms with Crippen LogP contribution < -0.4 is 4.74 Å². The number of imidazole rings is 1. The Labute approximate surface area is 153 Å². The molecule has 0 saturated carbocycles. The summed E-state index contributed by atoms with van der Waals surface area (Å²) in [5.41, 5.74) is 2.40. The predicted molar refractivity (Wildman–Crippen MR) is 99.4 cm³/mol. The lowest BCUT2D eigenvalue weighted by Gasteiger charge is -2.32. The van der Waals surface area contributed by atoms with Crippen LogP contribution in [0.3, 0.4) is 0 Å². The van der Waals surface area contributed by atoms with Gasteiger partial charge in [0.1, 0.15) is 12.1 Å². The fourth-order valence-electron chi connectivity index (χ4n) is 3.57. The van der Waals surface area contributed by atoms with Gasteiger partial charge in [0, 0.05) is 37.3 Å². The maximum absolute atomic E-state index is 5.23. The van der Waals surface area contributed by atoms with Crippen molar-refractivity contribution in [2.45, 2.75) is 25.3 Å². The normalized spacial score (nSPS) is 15.9. The first kappa shape index (κ1) is 16.7. The first-order valence-corrected chi connectivity index (χ1v) is 8.98. The van der Waals surface area contributed by atoms with E-state index in [4.69, 9.17) is 4.74 Å². The molecular formula is C20H23N5O. The third-order valence-corrected chi connectivity index (χ3v) is 4.99. The smallest absolute Gasteiger partial charge is 0.159 e. The molecule has 0 bridgehead atoms. The molecule has 0 amide bonds. The Morgan fingerprint density at radius 2 is 1.81 bits per heavy atom. The Kier molecular flexibility index (Phi) is 4.93. The summed E-state index contributed by atoms with van der Waals surface area (Å²) in [7, 11) is 1.70. The molecule has 4 rings (SSSR count). The molecule has 0 spiro atoms. The number of likely N-dealkylation sites (tertiary alicyclic amines) is 1. The maximum atomic E-state index is 5.23. The van der Waals surface area contributed by atoms with Crippen molar-refractivity contribution in [2.75, 3.05) is 20.2 Å². The van der Waals surface area contributed by atoms with E-state index in [-0.39, 0.29) is 0 Å². The van der Waals surface area contributed by atoms with Crippen LogP contribution in [0.5, 0.6) is 5.75 Å². The van der Waals surface area contributed by atoms with Crippen molar-refractivity contribution >= 4 is 0 Å². The standard InChI is InChI=1S/C20H23N5O/c1-26-18-4-2-16(3-5-18)14-24-11-6-17(7-12-24)19-20(23-9-8-22-19)25-13-10-21-15-25/h2-5,8-10,13,15,17H,6-7,11-12,14H2,1H3. The number of benzene rings is 1. The van der Waals surface area contributed by atoms with Gasteiger partial charge >= 0.3 is 0 Å². The highest BCUT2D eigenvalue weighted by molar-refractivity contribution is 5.31. The fourth-order valence-corrected chi connectivity index (χ4v) is 3.57. The molecule has 1 aliphatic rings. The quantitative estimate of drug-likeness (QED) is 0.709. The van der Waals surface area contributed by atoms with Gasteiger partial charge in [-0.05, 0) is 43.6 Å². The second kappa shape index (κ2) is 7.66. The number of piperidine rings is 1. The number of ether oxygens (including phenoxy) is 1. The van der Waals surface area contributed by atoms with E-state index < -0.39 is 0 Å². The van der Waals surface area contributed by atoms with Crippen LogP contribution in [-0.2, 0) is 6.54 Å². The van der Waals surface area contributed by atoms with Gasteiger partial charge in [-0.3, -0.25) is 14.5 Å². The van der Waals surface area contributed by atoms with Crippen molar-refractivity contribution in [1.29, 1.82) is 0 Å². The lowest BCUT2D eigenvalue weighted by molar-refractivity contribution is 0.203. The van der Waals surface area contributed by atoms with E-state index in [2.05, 4.69) is 32.0 Å². The van der Waals surface area contributed by atoms with Crippen molar-refractivity contribution in [3.63, 3.8) is 0 Å². The summed E-state index contributed by atoms with van der Waals surface area (Å²) in [4.78, 5) is 15.8. The first-order valence-electron chi connectivity index (χ1n) is 8.98. The van der Waals surface area contributed by atoms with Crippen LogP contribution in [0.4, 0.5) is 0 Å². The number of methoxy groups -OCH3 is 1. The van der Waals surface area contributed by atoms with Crippen molar-refractivity contribution in [2.24, 2.45) is 0 Å². The largest absolute Gasteiger partial charge is 0.497 e. The highest BCUT2D eigenvalue weighted by atomic mass is 16.5. The molecular weight excluding hydrogens is 326 g/mol. The van der Waals surface area contributed by atoms with E-state index >= 15 is 0 Å². The topological polar surface area (TPSA) is 56.1 Å². The van der Waals surface area contributed by atoms with Gasteiger partial charge in [-0.2, -0.15) is 0 Å². The van der Waals surface area contributed by atoms with E-state index in [1.165, 1.54) is 5.56 Å². The minimum atomic E-state index is 0.438. The van der Waals surface area contributed by atoms with Crippen molar-refractivity contribution in [3.05, 3.63) is 66.6 Å². The SMILES string of the molecule is COc1ccc(CN2CCC(c3nccnc3-n3ccnc3)CC2)cc1. The summed E-state index contributed by atoms with van der Waals surface area (Å²) >= 11 is 0. The van der Waals surface area contributed by atoms with Crippen LogP contribution in [0.1, 0.15) is 30.0 Å². The van der Waals surface area contributed by atoms with E-state index in [1.54, 1.807) is 32.0 Å². The van der Waals surface area contributed by atoms with Crippen molar-refractivity contribution < 1.29 is 4.74 Å². The Morgan fingerprint density at radius 3 is 2.50 bits per heavy atom. The lowest BCUT2D eigenvalue weighted by atomic mass is 9.92. The molecule has 3 heterocycles. The lowest BCUT2D eigenvalue weighted by Crippen LogP contribution is -2.33. The third kappa shape index (κ3) is 3.60. The molecule has 1 aromatic carbocycles. The van der Waals surface area contributed by atoms with Crippen LogP contribution in [0.2, 0.25) is 0 Å². The summed E-state index contributed by atoms with van der Waals surface area (Å²) in [6, 6.07) is 8.34. The maximum Gasteiger partial charge on any atom is 0.159 e. The zero-order valence-electron chi connectivity index (χ0n) is 15.0. The number of aromatic nitrogens is 4. The van der Waals surface area contributed by atoms with E-state index in [0.717, 1.165) is 49.7 Å². The highest BCUT2D eigenvalue weighted by Crippen LogP contribution is 2.30. The fraction of sp³-hybridized carbons (Fsp3) is 0.350. The first-order chi connectivity index (χ1) is 12.8. The molecule has 1 saturated heterocycles. The van der Waals surface area contributed by atoms with E-state index in [0.29, 0.717) is 5.92 Å². The Hall–Kier alpha value is -2.73. The summed E-state index contributed by atoms with van der Waals surface area (Å²) < 4.78 is 7.18. The zero-order valence-corrected chi connectivity index (χ0v) is 15.0. The second-order valence-corrected chi connectivity index (χ2v) is 6.63. The minimum absolute atomic E-state index is 0.438. The van der Waals surface area contributed by atoms with Gasteiger partial charge < -0.3 is 4.74 Å². The molecule has 26 heavy (non-hydrogen) atoms. The van der Waals surface area contributed by atoms with Gasteiger partial charge in [0.05, 0.1) is 12.8 Å². The Balaban J connectivity index is 1.41. The summed E-state index contributed by atoms with van der Waals surface area (Å²) in [5, 5.41) is 0. The summed E-state index contributed by atoms with van der Waals surface area (Å²) in [6.07, 6.45) is 11.2. The second-order valence-electron chi connectivity index (χ2n) is 6.63. The number of hydrogen-bond donors (Lipinski definition) is 0. The molecule has 3 aromatic rings. The summed E-state index contributed by atoms with van der Waals surface area (Å²) in [6.45, 7) is 3.11. The third-order valence-electron chi connectivity index (χ3n) is 4.99. The molecule has 1 fully saturated rings. The molecule has 6 nitrogen and oxygen atoms in total. The Morgan fingerprint density at radius 1 is 1.04 bits per heavy atom. The van der Waals surface area contributed by atoms with Gasteiger partial charge in [0.2, 0.25) is 0 Å². The molecule has 134 valence electrons. The van der Waals surface area contributed by atoms with E-state index in [1.807, 2.05) is 22.9 Å². The number of nitrogens with zero attached hydrogens (tertiary/aromatic N) is 5. The molecule has 1 aliphatic heterocycles. The van der Waals surface area contributed by atoms with Gasteiger partial charge in [0.25, 0.3) is 0 Å². The van der Waals surface area contributed by atoms with Crippen molar-refractivity contribution in [3.8, 4) is 11.6 Å². The summed E-state index contributed by atoms with van der Waals surface area (Å²) in [5.74, 6) is 2.24. The predicted octanol–water partition coefficient (Wildman–Crippen LogP) is 3.05. The molecule has 0 unspecified atom stereocenters. The van der Waals surface area contributed by atoms with Crippen molar-refractivity contribution in [1.82, 2.24) is 24.4 Å². The number of rotatable bonds is 5. The van der Waals surface area contributed by atoms with Gasteiger partial charge in [-0.1, -0.05) is 12.1 Å². The molecule has 0 radical (unpaired) electrons. The van der Waals surface area contributed by atoms with Gasteiger partial charge in [-0.15, -0.1) is 0 Å². The molecule has 0 N–H and O–H groups in total. The average Bonchev–Trinajstić information content (AvgIpc) is 3.24. The zero-order chi connectivity index (χ0) is 17.8. The van der Waals surface area contributed by atoms with Crippen LogP contribution in [0.15, 0.2) is 55.4 Å². The van der Waals surface area contributed by atoms with Crippen LogP contribution in [0, 0.1) is 0 Å². The average molecular weight is 349 g/mol. The van der Waals surface area contributed by atoms with Crippen LogP contribution in [0.25, 0.3) is 5.82 Å². The molecule has 6 heteroatoms. The van der Waals surface area contributed by atoms with Crippen LogP contribution in [-0.4, -0.2) is 44.6 Å². The monoisotopic (exact) mass is 349 g/mol. The molecule has 0 atom stereocenters. The van der Waals surface area contributed by atoms with Crippen LogP contribution >= 0.6 is 0 Å². The van der Waals surface area contributed by atoms with Gasteiger partial charge in [0.15, 0.2) is 5.82 Å².